The summed E-state index contributed by atoms with van der Waals surface area (Å²) in [4.78, 5) is 15.0. The van der Waals surface area contributed by atoms with Gasteiger partial charge in [-0.05, 0) is 74.5 Å². The third-order valence-corrected chi connectivity index (χ3v) is 6.23. The molecular formula is C23H29FN2O2. The molecule has 0 spiro atoms. The molecular weight excluding hydrogens is 355 g/mol. The molecule has 4 aliphatic rings. The van der Waals surface area contributed by atoms with Crippen LogP contribution >= 0.6 is 0 Å². The Morgan fingerprint density at radius 2 is 2.07 bits per heavy atom. The second-order valence-corrected chi connectivity index (χ2v) is 8.68. The molecule has 28 heavy (non-hydrogen) atoms. The van der Waals surface area contributed by atoms with Crippen LogP contribution in [0.2, 0.25) is 0 Å². The lowest BCUT2D eigenvalue weighted by Gasteiger charge is -2.44. The summed E-state index contributed by atoms with van der Waals surface area (Å²) >= 11 is 0. The third-order valence-electron chi connectivity index (χ3n) is 6.23. The number of nitrogens with one attached hydrogen (secondary N) is 1. The summed E-state index contributed by atoms with van der Waals surface area (Å²) in [6, 6.07) is 8.05. The van der Waals surface area contributed by atoms with Gasteiger partial charge in [0, 0.05) is 13.0 Å². The lowest BCUT2D eigenvalue weighted by atomic mass is 9.86. The van der Waals surface area contributed by atoms with E-state index in [1.54, 1.807) is 6.08 Å². The number of carbonyl (C=O) groups excluding carboxylic acids is 1. The third kappa shape index (κ3) is 4.14. The first-order valence-corrected chi connectivity index (χ1v) is 10.3. The topological polar surface area (TPSA) is 41.6 Å². The van der Waals surface area contributed by atoms with Crippen molar-refractivity contribution in [3.63, 3.8) is 0 Å². The van der Waals surface area contributed by atoms with E-state index in [0.717, 1.165) is 49.2 Å². The van der Waals surface area contributed by atoms with Crippen LogP contribution in [-0.2, 0) is 10.3 Å². The van der Waals surface area contributed by atoms with Crippen LogP contribution in [-0.4, -0.2) is 42.9 Å². The average Bonchev–Trinajstić information content (AvgIpc) is 2.69. The maximum absolute atomic E-state index is 13.3. The lowest BCUT2D eigenvalue weighted by Crippen LogP contribution is -2.53. The Labute approximate surface area is 166 Å². The molecule has 4 nitrogen and oxygen atoms in total. The molecule has 2 atom stereocenters. The van der Waals surface area contributed by atoms with Gasteiger partial charge in [0.1, 0.15) is 12.3 Å². The second-order valence-electron chi connectivity index (χ2n) is 8.68. The fourth-order valence-corrected chi connectivity index (χ4v) is 4.43. The number of allylic oxidation sites excluding steroid dienone is 4. The van der Waals surface area contributed by atoms with Crippen molar-refractivity contribution in [3.8, 4) is 0 Å². The van der Waals surface area contributed by atoms with Crippen LogP contribution in [0.4, 0.5) is 9.18 Å². The zero-order chi connectivity index (χ0) is 19.7. The Kier molecular flexibility index (Phi) is 5.28. The number of ether oxygens (including phenoxy) is 1. The van der Waals surface area contributed by atoms with Crippen LogP contribution < -0.4 is 5.32 Å². The molecule has 1 amide bonds. The van der Waals surface area contributed by atoms with Gasteiger partial charge in [-0.1, -0.05) is 30.4 Å². The summed E-state index contributed by atoms with van der Waals surface area (Å²) in [5.41, 5.74) is 2.47. The molecule has 0 aromatic heterocycles. The van der Waals surface area contributed by atoms with Crippen molar-refractivity contribution in [3.05, 3.63) is 53.6 Å². The van der Waals surface area contributed by atoms with Crippen LogP contribution in [0.25, 0.3) is 5.57 Å². The summed E-state index contributed by atoms with van der Waals surface area (Å²) < 4.78 is 19.1. The molecule has 5 rings (SSSR count). The fourth-order valence-electron chi connectivity index (χ4n) is 4.43. The first-order valence-electron chi connectivity index (χ1n) is 10.3. The highest BCUT2D eigenvalue weighted by atomic mass is 19.1. The molecule has 1 aliphatic carbocycles. The smallest absolute Gasteiger partial charge is 0.408 e. The Morgan fingerprint density at radius 1 is 1.29 bits per heavy atom. The minimum absolute atomic E-state index is 0.00388. The summed E-state index contributed by atoms with van der Waals surface area (Å²) in [7, 11) is 0. The van der Waals surface area contributed by atoms with Crippen molar-refractivity contribution in [1.82, 2.24) is 10.2 Å². The number of benzene rings is 1. The number of piperidine rings is 3. The van der Waals surface area contributed by atoms with Gasteiger partial charge in [0.15, 0.2) is 0 Å². The van der Waals surface area contributed by atoms with E-state index in [4.69, 9.17) is 4.74 Å². The van der Waals surface area contributed by atoms with Crippen molar-refractivity contribution in [2.45, 2.75) is 50.9 Å². The number of alkyl halides is 1. The molecule has 1 aromatic carbocycles. The van der Waals surface area contributed by atoms with Gasteiger partial charge >= 0.3 is 6.09 Å². The lowest BCUT2D eigenvalue weighted by molar-refractivity contribution is -0.0349. The van der Waals surface area contributed by atoms with Gasteiger partial charge in [-0.15, -0.1) is 0 Å². The first kappa shape index (κ1) is 19.2. The minimum Gasteiger partial charge on any atom is -0.445 e. The van der Waals surface area contributed by atoms with Crippen molar-refractivity contribution < 1.29 is 13.9 Å². The molecule has 2 unspecified atom stereocenters. The van der Waals surface area contributed by atoms with E-state index in [2.05, 4.69) is 16.3 Å². The molecule has 3 aliphatic heterocycles. The Morgan fingerprint density at radius 3 is 2.71 bits per heavy atom. The van der Waals surface area contributed by atoms with Gasteiger partial charge in [0.25, 0.3) is 0 Å². The van der Waals surface area contributed by atoms with E-state index < -0.39 is 11.7 Å². The van der Waals surface area contributed by atoms with Crippen molar-refractivity contribution in [2.24, 2.45) is 5.92 Å². The zero-order valence-corrected chi connectivity index (χ0v) is 16.7. The van der Waals surface area contributed by atoms with Crippen LogP contribution in [0, 0.1) is 5.92 Å². The van der Waals surface area contributed by atoms with E-state index in [9.17, 15) is 9.18 Å². The SMILES string of the molecule is CC(C)(NC(=O)OC1CN2CCC1CC2)c1cccc(C2=CCC(F)C=C2)c1. The van der Waals surface area contributed by atoms with Gasteiger partial charge in [0.2, 0.25) is 0 Å². The van der Waals surface area contributed by atoms with E-state index in [-0.39, 0.29) is 12.2 Å². The Hall–Kier alpha value is -2.14. The maximum Gasteiger partial charge on any atom is 0.408 e. The van der Waals surface area contributed by atoms with Gasteiger partial charge in [-0.3, -0.25) is 4.90 Å². The summed E-state index contributed by atoms with van der Waals surface area (Å²) in [5, 5.41) is 3.04. The van der Waals surface area contributed by atoms with Crippen LogP contribution in [0.15, 0.2) is 42.5 Å². The number of hydrogen-bond acceptors (Lipinski definition) is 3. The molecule has 3 heterocycles. The monoisotopic (exact) mass is 384 g/mol. The fraction of sp³-hybridized carbons (Fsp3) is 0.522. The molecule has 0 saturated carbocycles. The first-order chi connectivity index (χ1) is 13.4. The number of fused-ring (bicyclic) bond motifs is 3. The van der Waals surface area contributed by atoms with Gasteiger partial charge < -0.3 is 10.1 Å². The predicted molar refractivity (Wildman–Crippen MR) is 109 cm³/mol. The number of nitrogens with zero attached hydrogens (tertiary/aromatic N) is 1. The van der Waals surface area contributed by atoms with Gasteiger partial charge in [-0.25, -0.2) is 9.18 Å². The molecule has 1 aromatic rings. The number of alkyl carbamates (subject to hydrolysis) is 1. The molecule has 5 heteroatoms. The quantitative estimate of drug-likeness (QED) is 0.835. The highest BCUT2D eigenvalue weighted by Gasteiger charge is 2.37. The number of carbonyl (C=O) groups is 1. The van der Waals surface area contributed by atoms with Crippen molar-refractivity contribution >= 4 is 11.7 Å². The predicted octanol–water partition coefficient (Wildman–Crippen LogP) is 4.42. The molecule has 1 N–H and O–H groups in total. The number of rotatable bonds is 4. The van der Waals surface area contributed by atoms with Crippen molar-refractivity contribution in [1.29, 1.82) is 0 Å². The van der Waals surface area contributed by atoms with Gasteiger partial charge in [-0.2, -0.15) is 0 Å². The highest BCUT2D eigenvalue weighted by Crippen LogP contribution is 2.31. The average molecular weight is 384 g/mol. The number of hydrogen-bond donors (Lipinski definition) is 1. The van der Waals surface area contributed by atoms with Crippen molar-refractivity contribution in [2.75, 3.05) is 19.6 Å². The number of halogens is 1. The van der Waals surface area contributed by atoms with Crippen LogP contribution in [0.3, 0.4) is 0 Å². The largest absolute Gasteiger partial charge is 0.445 e. The zero-order valence-electron chi connectivity index (χ0n) is 16.7. The van der Waals surface area contributed by atoms with E-state index in [0.29, 0.717) is 12.3 Å². The minimum atomic E-state index is -0.897. The van der Waals surface area contributed by atoms with Gasteiger partial charge in [0.05, 0.1) is 5.54 Å². The molecule has 150 valence electrons. The maximum atomic E-state index is 13.3. The summed E-state index contributed by atoms with van der Waals surface area (Å²) in [6.07, 6.45) is 6.73. The molecule has 2 bridgehead atoms. The highest BCUT2D eigenvalue weighted by molar-refractivity contribution is 5.76. The van der Waals surface area contributed by atoms with E-state index in [1.807, 2.05) is 44.2 Å². The summed E-state index contributed by atoms with van der Waals surface area (Å²) in [6.45, 7) is 7.05. The van der Waals surface area contributed by atoms with Crippen LogP contribution in [0.5, 0.6) is 0 Å². The number of amides is 1. The summed E-state index contributed by atoms with van der Waals surface area (Å²) in [5.74, 6) is 0.492. The molecule has 3 saturated heterocycles. The molecule has 3 fully saturated rings. The standard InChI is InChI=1S/C23H29FN2O2/c1-23(2,25-22(27)28-21-15-26-12-10-17(21)11-13-26)19-5-3-4-18(14-19)16-6-8-20(24)9-7-16/h3-8,14,17,20-21H,9-13,15H2,1-2H3,(H,25,27). The van der Waals surface area contributed by atoms with Crippen LogP contribution in [0.1, 0.15) is 44.2 Å². The Bertz CT molecular complexity index is 794. The van der Waals surface area contributed by atoms with E-state index >= 15 is 0 Å². The Balaban J connectivity index is 1.42. The second kappa shape index (κ2) is 7.70. The normalized spacial score (nSPS) is 29.3. The molecule has 0 radical (unpaired) electrons. The van der Waals surface area contributed by atoms with E-state index in [1.165, 1.54) is 0 Å².